The van der Waals surface area contributed by atoms with E-state index in [9.17, 15) is 4.79 Å². The van der Waals surface area contributed by atoms with Crippen LogP contribution in [0.1, 0.15) is 12.0 Å². The molecule has 4 heteroatoms. The lowest BCUT2D eigenvalue weighted by molar-refractivity contribution is 0.654. The van der Waals surface area contributed by atoms with Crippen LogP contribution in [-0.4, -0.2) is 9.90 Å². The van der Waals surface area contributed by atoms with Crippen LogP contribution in [0.3, 0.4) is 0 Å². The lowest BCUT2D eigenvalue weighted by Gasteiger charge is -2.05. The van der Waals surface area contributed by atoms with Crippen molar-refractivity contribution in [1.82, 2.24) is 4.57 Å². The number of pyridine rings is 1. The van der Waals surface area contributed by atoms with Gasteiger partial charge in [-0.1, -0.05) is 15.9 Å². The van der Waals surface area contributed by atoms with Crippen LogP contribution >= 0.6 is 31.9 Å². The van der Waals surface area contributed by atoms with Gasteiger partial charge in [-0.3, -0.25) is 4.79 Å². The molecule has 13 heavy (non-hydrogen) atoms. The molecule has 0 saturated carbocycles. The Morgan fingerprint density at radius 1 is 1.54 bits per heavy atom. The van der Waals surface area contributed by atoms with Gasteiger partial charge in [0.25, 0.3) is 5.56 Å². The van der Waals surface area contributed by atoms with Gasteiger partial charge in [-0.25, -0.2) is 0 Å². The Morgan fingerprint density at radius 2 is 2.23 bits per heavy atom. The van der Waals surface area contributed by atoms with Crippen molar-refractivity contribution in [3.8, 4) is 0 Å². The summed E-state index contributed by atoms with van der Waals surface area (Å²) in [5.41, 5.74) is 0.882. The van der Waals surface area contributed by atoms with Gasteiger partial charge in [0.15, 0.2) is 0 Å². The van der Waals surface area contributed by atoms with Crippen molar-refractivity contribution in [1.29, 1.82) is 0 Å². The molecular formula is C9H11Br2NO. The summed E-state index contributed by atoms with van der Waals surface area (Å²) in [6.45, 7) is 2.60. The fourth-order valence-corrected chi connectivity index (χ4v) is 1.98. The Kier molecular flexibility index (Phi) is 4.19. The number of hydrogen-bond donors (Lipinski definition) is 0. The Morgan fingerprint density at radius 3 is 2.85 bits per heavy atom. The number of aromatic nitrogens is 1. The first-order valence-electron chi connectivity index (χ1n) is 4.07. The molecule has 72 valence electrons. The van der Waals surface area contributed by atoms with Gasteiger partial charge in [0, 0.05) is 28.1 Å². The molecule has 0 aliphatic carbocycles. The van der Waals surface area contributed by atoms with Crippen LogP contribution in [0.15, 0.2) is 21.5 Å². The molecule has 0 fully saturated rings. The van der Waals surface area contributed by atoms with Crippen molar-refractivity contribution < 1.29 is 0 Å². The van der Waals surface area contributed by atoms with E-state index in [0.717, 1.165) is 28.3 Å². The smallest absolute Gasteiger partial charge is 0.253 e. The third-order valence-electron chi connectivity index (χ3n) is 1.76. The van der Waals surface area contributed by atoms with Crippen LogP contribution in [0, 0.1) is 6.92 Å². The van der Waals surface area contributed by atoms with Crippen LogP contribution in [-0.2, 0) is 6.54 Å². The predicted octanol–water partition coefficient (Wildman–Crippen LogP) is 2.70. The zero-order chi connectivity index (χ0) is 9.84. The van der Waals surface area contributed by atoms with Gasteiger partial charge in [0.05, 0.1) is 0 Å². The van der Waals surface area contributed by atoms with E-state index < -0.39 is 0 Å². The van der Waals surface area contributed by atoms with Crippen molar-refractivity contribution in [2.75, 3.05) is 5.33 Å². The quantitative estimate of drug-likeness (QED) is 0.787. The van der Waals surface area contributed by atoms with Gasteiger partial charge in [-0.15, -0.1) is 0 Å². The normalized spacial score (nSPS) is 10.4. The summed E-state index contributed by atoms with van der Waals surface area (Å²) < 4.78 is 2.69. The van der Waals surface area contributed by atoms with Gasteiger partial charge < -0.3 is 4.57 Å². The predicted molar refractivity (Wildman–Crippen MR) is 61.6 cm³/mol. The summed E-state index contributed by atoms with van der Waals surface area (Å²) in [7, 11) is 0. The monoisotopic (exact) mass is 307 g/mol. The molecule has 0 bridgehead atoms. The Hall–Kier alpha value is -0.0900. The van der Waals surface area contributed by atoms with Gasteiger partial charge >= 0.3 is 0 Å². The van der Waals surface area contributed by atoms with E-state index in [0.29, 0.717) is 0 Å². The Bertz CT molecular complexity index is 346. The van der Waals surface area contributed by atoms with Crippen LogP contribution in [0.2, 0.25) is 0 Å². The average Bonchev–Trinajstić information content (AvgIpc) is 2.09. The van der Waals surface area contributed by atoms with Crippen LogP contribution < -0.4 is 5.56 Å². The number of halogens is 2. The molecule has 0 N–H and O–H groups in total. The first kappa shape index (κ1) is 11.0. The molecule has 2 nitrogen and oxygen atoms in total. The largest absolute Gasteiger partial charge is 0.314 e. The van der Waals surface area contributed by atoms with Crippen LogP contribution in [0.4, 0.5) is 0 Å². The van der Waals surface area contributed by atoms with Crippen molar-refractivity contribution in [3.63, 3.8) is 0 Å². The van der Waals surface area contributed by atoms with E-state index in [1.807, 2.05) is 19.2 Å². The molecule has 0 unspecified atom stereocenters. The lowest BCUT2D eigenvalue weighted by Crippen LogP contribution is -2.21. The highest BCUT2D eigenvalue weighted by molar-refractivity contribution is 9.10. The van der Waals surface area contributed by atoms with Gasteiger partial charge in [0.1, 0.15) is 0 Å². The number of alkyl halides is 1. The second-order valence-electron chi connectivity index (χ2n) is 2.88. The second kappa shape index (κ2) is 4.96. The highest BCUT2D eigenvalue weighted by atomic mass is 79.9. The maximum absolute atomic E-state index is 11.6. The summed E-state index contributed by atoms with van der Waals surface area (Å²) >= 11 is 6.71. The molecular weight excluding hydrogens is 298 g/mol. The molecule has 0 aliphatic rings. The molecule has 1 heterocycles. The highest BCUT2D eigenvalue weighted by Crippen LogP contribution is 2.08. The Balaban J connectivity index is 2.99. The van der Waals surface area contributed by atoms with Crippen molar-refractivity contribution in [2.45, 2.75) is 19.9 Å². The van der Waals surface area contributed by atoms with Gasteiger partial charge in [-0.05, 0) is 35.3 Å². The maximum Gasteiger partial charge on any atom is 0.253 e. The molecule has 0 aliphatic heterocycles. The zero-order valence-corrected chi connectivity index (χ0v) is 10.6. The second-order valence-corrected chi connectivity index (χ2v) is 4.59. The summed E-state index contributed by atoms with van der Waals surface area (Å²) in [5.74, 6) is 0. The molecule has 1 aromatic rings. The van der Waals surface area contributed by atoms with Crippen molar-refractivity contribution in [2.24, 2.45) is 0 Å². The summed E-state index contributed by atoms with van der Waals surface area (Å²) in [4.78, 5) is 11.6. The summed E-state index contributed by atoms with van der Waals surface area (Å²) in [6.07, 6.45) is 2.80. The first-order valence-corrected chi connectivity index (χ1v) is 5.99. The minimum absolute atomic E-state index is 0.101. The fourth-order valence-electron chi connectivity index (χ4n) is 1.14. The minimum Gasteiger partial charge on any atom is -0.314 e. The SMILES string of the molecule is Cc1cc(Br)cn(CCCBr)c1=O. The number of nitrogens with zero attached hydrogens (tertiary/aromatic N) is 1. The molecule has 0 aromatic carbocycles. The van der Waals surface area contributed by atoms with Gasteiger partial charge in [0.2, 0.25) is 0 Å². The Labute approximate surface area is 94.2 Å². The summed E-state index contributed by atoms with van der Waals surface area (Å²) in [5, 5.41) is 0.922. The number of rotatable bonds is 3. The van der Waals surface area contributed by atoms with Gasteiger partial charge in [-0.2, -0.15) is 0 Å². The number of aryl methyl sites for hydroxylation is 2. The molecule has 0 atom stereocenters. The maximum atomic E-state index is 11.6. The average molecular weight is 309 g/mol. The molecule has 0 radical (unpaired) electrons. The standard InChI is InChI=1S/C9H11Br2NO/c1-7-5-8(11)6-12(9(7)13)4-2-3-10/h5-6H,2-4H2,1H3. The molecule has 0 saturated heterocycles. The number of hydrogen-bond acceptors (Lipinski definition) is 1. The van der Waals surface area contributed by atoms with E-state index in [1.165, 1.54) is 0 Å². The van der Waals surface area contributed by atoms with E-state index in [2.05, 4.69) is 31.9 Å². The van der Waals surface area contributed by atoms with E-state index >= 15 is 0 Å². The fraction of sp³-hybridized carbons (Fsp3) is 0.444. The van der Waals surface area contributed by atoms with Crippen LogP contribution in [0.5, 0.6) is 0 Å². The molecule has 0 spiro atoms. The molecule has 0 amide bonds. The van der Waals surface area contributed by atoms with E-state index in [-0.39, 0.29) is 5.56 Å². The molecule has 1 aromatic heterocycles. The first-order chi connectivity index (χ1) is 6.15. The van der Waals surface area contributed by atoms with Crippen molar-refractivity contribution >= 4 is 31.9 Å². The third-order valence-corrected chi connectivity index (χ3v) is 2.76. The third kappa shape index (κ3) is 2.95. The van der Waals surface area contributed by atoms with E-state index in [4.69, 9.17) is 0 Å². The lowest BCUT2D eigenvalue weighted by atomic mass is 10.3. The molecule has 1 rings (SSSR count). The zero-order valence-electron chi connectivity index (χ0n) is 7.39. The topological polar surface area (TPSA) is 22.0 Å². The minimum atomic E-state index is 0.101. The van der Waals surface area contributed by atoms with Crippen LogP contribution in [0.25, 0.3) is 0 Å². The summed E-state index contributed by atoms with van der Waals surface area (Å²) in [6, 6.07) is 1.84. The van der Waals surface area contributed by atoms with E-state index in [1.54, 1.807) is 4.57 Å². The highest BCUT2D eigenvalue weighted by Gasteiger charge is 2.00. The van der Waals surface area contributed by atoms with Crippen molar-refractivity contribution in [3.05, 3.63) is 32.7 Å².